The number of aromatic nitrogens is 2. The number of halogens is 1. The minimum atomic E-state index is -0.690. The van der Waals surface area contributed by atoms with E-state index in [9.17, 15) is 9.50 Å². The topological polar surface area (TPSA) is 60.9 Å². The molecule has 0 saturated carbocycles. The SMILES string of the molecule is CC(C)(C)NCC(O)c1ccc(F)c2[nH]ncc12. The summed E-state index contributed by atoms with van der Waals surface area (Å²) in [6.07, 6.45) is 0.846. The summed E-state index contributed by atoms with van der Waals surface area (Å²) in [5.41, 5.74) is 0.940. The highest BCUT2D eigenvalue weighted by molar-refractivity contribution is 5.82. The Morgan fingerprint density at radius 2 is 2.17 bits per heavy atom. The van der Waals surface area contributed by atoms with Gasteiger partial charge in [-0.2, -0.15) is 5.10 Å². The molecule has 0 aliphatic carbocycles. The van der Waals surface area contributed by atoms with Gasteiger partial charge in [-0.15, -0.1) is 0 Å². The second-order valence-electron chi connectivity index (χ2n) is 5.44. The van der Waals surface area contributed by atoms with Crippen molar-refractivity contribution < 1.29 is 9.50 Å². The second kappa shape index (κ2) is 4.66. The summed E-state index contributed by atoms with van der Waals surface area (Å²) < 4.78 is 13.5. The van der Waals surface area contributed by atoms with Gasteiger partial charge >= 0.3 is 0 Å². The molecule has 5 heteroatoms. The van der Waals surface area contributed by atoms with Crippen molar-refractivity contribution in [2.45, 2.75) is 32.4 Å². The first-order valence-corrected chi connectivity index (χ1v) is 5.93. The number of aliphatic hydroxyl groups is 1. The van der Waals surface area contributed by atoms with Crippen LogP contribution in [0.15, 0.2) is 18.3 Å². The van der Waals surface area contributed by atoms with Crippen molar-refractivity contribution in [3.63, 3.8) is 0 Å². The summed E-state index contributed by atoms with van der Waals surface area (Å²) in [6.45, 7) is 6.49. The van der Waals surface area contributed by atoms with E-state index in [0.29, 0.717) is 23.0 Å². The lowest BCUT2D eigenvalue weighted by Gasteiger charge is -2.23. The molecule has 1 aromatic carbocycles. The number of nitrogens with one attached hydrogen (secondary N) is 2. The zero-order chi connectivity index (χ0) is 13.3. The van der Waals surface area contributed by atoms with Gasteiger partial charge in [0.25, 0.3) is 0 Å². The van der Waals surface area contributed by atoms with E-state index >= 15 is 0 Å². The molecule has 1 heterocycles. The van der Waals surface area contributed by atoms with Gasteiger partial charge in [-0.05, 0) is 32.4 Å². The fourth-order valence-electron chi connectivity index (χ4n) is 1.83. The third kappa shape index (κ3) is 2.68. The predicted octanol–water partition coefficient (Wildman–Crippen LogP) is 2.12. The molecule has 3 N–H and O–H groups in total. The van der Waals surface area contributed by atoms with E-state index in [-0.39, 0.29) is 11.4 Å². The molecule has 98 valence electrons. The zero-order valence-corrected chi connectivity index (χ0v) is 10.8. The Morgan fingerprint density at radius 3 is 2.83 bits per heavy atom. The van der Waals surface area contributed by atoms with Gasteiger partial charge in [0.1, 0.15) is 11.3 Å². The minimum absolute atomic E-state index is 0.0729. The molecular formula is C13H18FN3O. The fraction of sp³-hybridized carbons (Fsp3) is 0.462. The van der Waals surface area contributed by atoms with Crippen molar-refractivity contribution in [2.24, 2.45) is 0 Å². The average molecular weight is 251 g/mol. The Kier molecular flexibility index (Phi) is 3.36. The van der Waals surface area contributed by atoms with E-state index in [1.807, 2.05) is 20.8 Å². The lowest BCUT2D eigenvalue weighted by molar-refractivity contribution is 0.164. The molecule has 4 nitrogen and oxygen atoms in total. The van der Waals surface area contributed by atoms with Gasteiger partial charge < -0.3 is 10.4 Å². The van der Waals surface area contributed by atoms with Crippen molar-refractivity contribution in [3.8, 4) is 0 Å². The summed E-state index contributed by atoms with van der Waals surface area (Å²) in [7, 11) is 0. The number of β-amino-alcohol motifs (C(OH)–C–C–N with tert-alkyl or cyclic N) is 1. The van der Waals surface area contributed by atoms with Gasteiger partial charge in [-0.25, -0.2) is 4.39 Å². The van der Waals surface area contributed by atoms with Crippen molar-refractivity contribution in [3.05, 3.63) is 29.7 Å². The molecule has 1 unspecified atom stereocenters. The Morgan fingerprint density at radius 1 is 1.44 bits per heavy atom. The predicted molar refractivity (Wildman–Crippen MR) is 68.8 cm³/mol. The molecule has 0 saturated heterocycles. The number of H-pyrrole nitrogens is 1. The minimum Gasteiger partial charge on any atom is -0.387 e. The molecule has 0 spiro atoms. The number of aromatic amines is 1. The standard InChI is InChI=1S/C13H18FN3O/c1-13(2,3)15-7-11(18)8-4-5-10(14)12-9(8)6-16-17-12/h4-6,11,15,18H,7H2,1-3H3,(H,16,17). The highest BCUT2D eigenvalue weighted by atomic mass is 19.1. The number of fused-ring (bicyclic) bond motifs is 1. The van der Waals surface area contributed by atoms with Crippen LogP contribution in [0, 0.1) is 5.82 Å². The number of benzene rings is 1. The third-order valence-corrected chi connectivity index (χ3v) is 2.78. The second-order valence-corrected chi connectivity index (χ2v) is 5.44. The molecule has 1 atom stereocenters. The maximum atomic E-state index is 13.5. The molecule has 2 aromatic rings. The van der Waals surface area contributed by atoms with Gasteiger partial charge in [0, 0.05) is 17.5 Å². The highest BCUT2D eigenvalue weighted by Crippen LogP contribution is 2.24. The van der Waals surface area contributed by atoms with Crippen LogP contribution in [0.5, 0.6) is 0 Å². The molecule has 0 bridgehead atoms. The van der Waals surface area contributed by atoms with Crippen molar-refractivity contribution >= 4 is 10.9 Å². The van der Waals surface area contributed by atoms with E-state index < -0.39 is 6.10 Å². The number of hydrogen-bond donors (Lipinski definition) is 3. The van der Waals surface area contributed by atoms with Gasteiger partial charge in [0.2, 0.25) is 0 Å². The van der Waals surface area contributed by atoms with Crippen LogP contribution in [-0.2, 0) is 0 Å². The van der Waals surface area contributed by atoms with E-state index in [1.165, 1.54) is 12.3 Å². The number of aliphatic hydroxyl groups excluding tert-OH is 1. The van der Waals surface area contributed by atoms with Crippen LogP contribution in [0.4, 0.5) is 4.39 Å². The summed E-state index contributed by atoms with van der Waals surface area (Å²) in [6, 6.07) is 2.94. The molecular weight excluding hydrogens is 233 g/mol. The van der Waals surface area contributed by atoms with E-state index in [0.717, 1.165) is 0 Å². The lowest BCUT2D eigenvalue weighted by Crippen LogP contribution is -2.38. The Hall–Kier alpha value is -1.46. The van der Waals surface area contributed by atoms with Crippen molar-refractivity contribution in [1.29, 1.82) is 0 Å². The zero-order valence-electron chi connectivity index (χ0n) is 10.8. The summed E-state index contributed by atoms with van der Waals surface area (Å²) in [5.74, 6) is -0.359. The van der Waals surface area contributed by atoms with Crippen molar-refractivity contribution in [1.82, 2.24) is 15.5 Å². The van der Waals surface area contributed by atoms with E-state index in [2.05, 4.69) is 15.5 Å². The van der Waals surface area contributed by atoms with Crippen LogP contribution in [0.3, 0.4) is 0 Å². The molecule has 2 rings (SSSR count). The average Bonchev–Trinajstić information content (AvgIpc) is 2.75. The first kappa shape index (κ1) is 13.0. The molecule has 0 radical (unpaired) electrons. The van der Waals surface area contributed by atoms with Crippen LogP contribution in [0.25, 0.3) is 10.9 Å². The Balaban J connectivity index is 2.25. The molecule has 1 aromatic heterocycles. The van der Waals surface area contributed by atoms with Gasteiger partial charge in [0.15, 0.2) is 0 Å². The van der Waals surface area contributed by atoms with Crippen LogP contribution in [0.1, 0.15) is 32.4 Å². The van der Waals surface area contributed by atoms with Gasteiger partial charge in [0.05, 0.1) is 12.3 Å². The maximum Gasteiger partial charge on any atom is 0.148 e. The first-order chi connectivity index (χ1) is 8.38. The van der Waals surface area contributed by atoms with Gasteiger partial charge in [-0.1, -0.05) is 6.07 Å². The molecule has 18 heavy (non-hydrogen) atoms. The molecule has 0 aliphatic rings. The Labute approximate surface area is 105 Å². The summed E-state index contributed by atoms with van der Waals surface area (Å²) in [4.78, 5) is 0. The fourth-order valence-corrected chi connectivity index (χ4v) is 1.83. The molecule has 0 amide bonds. The normalized spacial score (nSPS) is 14.1. The van der Waals surface area contributed by atoms with Gasteiger partial charge in [-0.3, -0.25) is 5.10 Å². The summed E-state index contributed by atoms with van der Waals surface area (Å²) >= 11 is 0. The quantitative estimate of drug-likeness (QED) is 0.783. The smallest absolute Gasteiger partial charge is 0.148 e. The first-order valence-electron chi connectivity index (χ1n) is 5.93. The highest BCUT2D eigenvalue weighted by Gasteiger charge is 2.17. The van der Waals surface area contributed by atoms with E-state index in [1.54, 1.807) is 6.07 Å². The monoisotopic (exact) mass is 251 g/mol. The number of nitrogens with zero attached hydrogens (tertiary/aromatic N) is 1. The largest absolute Gasteiger partial charge is 0.387 e. The maximum absolute atomic E-state index is 13.5. The van der Waals surface area contributed by atoms with Crippen LogP contribution in [-0.4, -0.2) is 27.4 Å². The Bertz CT molecular complexity index is 545. The van der Waals surface area contributed by atoms with Crippen LogP contribution in [0.2, 0.25) is 0 Å². The van der Waals surface area contributed by atoms with Crippen molar-refractivity contribution in [2.75, 3.05) is 6.54 Å². The number of hydrogen-bond acceptors (Lipinski definition) is 3. The van der Waals surface area contributed by atoms with Crippen LogP contribution < -0.4 is 5.32 Å². The lowest BCUT2D eigenvalue weighted by atomic mass is 10.0. The van der Waals surface area contributed by atoms with Crippen LogP contribution >= 0.6 is 0 Å². The van der Waals surface area contributed by atoms with E-state index in [4.69, 9.17) is 0 Å². The number of rotatable bonds is 3. The third-order valence-electron chi connectivity index (χ3n) is 2.78. The molecule has 0 fully saturated rings. The molecule has 0 aliphatic heterocycles. The summed E-state index contributed by atoms with van der Waals surface area (Å²) in [5, 5.41) is 20.4.